The highest BCUT2D eigenvalue weighted by atomic mass is 19.2. The molecule has 22 heavy (non-hydrogen) atoms. The standard InChI is InChI=1S/C17H13F2N2O/c1-2-20-11-21(16-6-4-3-5-15(16)20)10-17(22)12-7-8-13(18)14(19)9-12/h2-9,11H,1,10H2/q+1. The molecular weight excluding hydrogens is 286 g/mol. The Kier molecular flexibility index (Phi) is 3.55. The van der Waals surface area contributed by atoms with E-state index in [1.807, 2.05) is 24.3 Å². The molecule has 0 radical (unpaired) electrons. The summed E-state index contributed by atoms with van der Waals surface area (Å²) in [6.07, 6.45) is 3.39. The molecule has 0 unspecified atom stereocenters. The highest BCUT2D eigenvalue weighted by Crippen LogP contribution is 2.12. The second kappa shape index (κ2) is 5.52. The van der Waals surface area contributed by atoms with Gasteiger partial charge in [0.15, 0.2) is 29.2 Å². The maximum atomic E-state index is 13.2. The third kappa shape index (κ3) is 2.41. The smallest absolute Gasteiger partial charge is 0.249 e. The fraction of sp³-hybridized carbons (Fsp3) is 0.0588. The number of rotatable bonds is 4. The van der Waals surface area contributed by atoms with Gasteiger partial charge in [0.1, 0.15) is 0 Å². The molecule has 0 amide bonds. The Morgan fingerprint density at radius 2 is 1.95 bits per heavy atom. The van der Waals surface area contributed by atoms with E-state index < -0.39 is 11.6 Å². The summed E-state index contributed by atoms with van der Waals surface area (Å²) >= 11 is 0. The van der Waals surface area contributed by atoms with Crippen LogP contribution in [0.1, 0.15) is 10.4 Å². The molecule has 5 heteroatoms. The van der Waals surface area contributed by atoms with Gasteiger partial charge in [0, 0.05) is 5.56 Å². The van der Waals surface area contributed by atoms with Gasteiger partial charge < -0.3 is 0 Å². The van der Waals surface area contributed by atoms with Crippen LogP contribution >= 0.6 is 0 Å². The SMILES string of the molecule is C=Cn1c[n+](CC(=O)c2ccc(F)c(F)c2)c2ccccc21. The van der Waals surface area contributed by atoms with Gasteiger partial charge >= 0.3 is 0 Å². The number of carbonyl (C=O) groups excluding carboxylic acids is 1. The zero-order valence-electron chi connectivity index (χ0n) is 11.7. The number of fused-ring (bicyclic) bond motifs is 1. The van der Waals surface area contributed by atoms with E-state index in [4.69, 9.17) is 0 Å². The van der Waals surface area contributed by atoms with Gasteiger partial charge in [0.2, 0.25) is 12.1 Å². The van der Waals surface area contributed by atoms with Crippen molar-refractivity contribution >= 4 is 23.0 Å². The van der Waals surface area contributed by atoms with Gasteiger partial charge in [-0.25, -0.2) is 17.9 Å². The number of Topliss-reactive ketones (excluding diaryl/α,β-unsaturated/α-hetero) is 1. The summed E-state index contributed by atoms with van der Waals surface area (Å²) in [6, 6.07) is 10.7. The third-order valence-corrected chi connectivity index (χ3v) is 3.49. The van der Waals surface area contributed by atoms with Crippen LogP contribution < -0.4 is 4.57 Å². The minimum Gasteiger partial charge on any atom is -0.290 e. The Hall–Kier alpha value is -2.82. The first-order valence-corrected chi connectivity index (χ1v) is 6.70. The molecule has 3 aromatic rings. The van der Waals surface area contributed by atoms with Crippen LogP contribution in [0.3, 0.4) is 0 Å². The molecule has 1 aromatic heterocycles. The fourth-order valence-electron chi connectivity index (χ4n) is 2.39. The van der Waals surface area contributed by atoms with Crippen LogP contribution in [0, 0.1) is 11.6 Å². The Balaban J connectivity index is 1.97. The van der Waals surface area contributed by atoms with E-state index in [9.17, 15) is 13.6 Å². The number of halogens is 2. The van der Waals surface area contributed by atoms with Gasteiger partial charge in [-0.15, -0.1) is 0 Å². The molecule has 0 bridgehead atoms. The van der Waals surface area contributed by atoms with Crippen LogP contribution in [0.4, 0.5) is 8.78 Å². The lowest BCUT2D eigenvalue weighted by atomic mass is 10.1. The van der Waals surface area contributed by atoms with E-state index in [0.717, 1.165) is 23.2 Å². The van der Waals surface area contributed by atoms with Gasteiger partial charge in [-0.2, -0.15) is 0 Å². The quantitative estimate of drug-likeness (QED) is 0.536. The van der Waals surface area contributed by atoms with Crippen LogP contribution in [-0.4, -0.2) is 10.4 Å². The van der Waals surface area contributed by atoms with E-state index in [-0.39, 0.29) is 17.9 Å². The largest absolute Gasteiger partial charge is 0.290 e. The van der Waals surface area contributed by atoms with Crippen molar-refractivity contribution < 1.29 is 18.1 Å². The Bertz CT molecular complexity index is 883. The van der Waals surface area contributed by atoms with Gasteiger partial charge in [0.25, 0.3) is 0 Å². The van der Waals surface area contributed by atoms with Crippen molar-refractivity contribution in [2.24, 2.45) is 0 Å². The second-order valence-electron chi connectivity index (χ2n) is 4.87. The highest BCUT2D eigenvalue weighted by molar-refractivity contribution is 5.95. The number of nitrogens with zero attached hydrogens (tertiary/aromatic N) is 2. The van der Waals surface area contributed by atoms with E-state index in [0.29, 0.717) is 0 Å². The van der Waals surface area contributed by atoms with E-state index >= 15 is 0 Å². The third-order valence-electron chi connectivity index (χ3n) is 3.49. The molecular formula is C17H13F2N2O+. The lowest BCUT2D eigenvalue weighted by Crippen LogP contribution is -2.36. The molecule has 3 rings (SSSR count). The number of para-hydroxylation sites is 2. The highest BCUT2D eigenvalue weighted by Gasteiger charge is 2.18. The average molecular weight is 299 g/mol. The van der Waals surface area contributed by atoms with Crippen LogP contribution in [0.5, 0.6) is 0 Å². The number of carbonyl (C=O) groups is 1. The van der Waals surface area contributed by atoms with E-state index in [2.05, 4.69) is 6.58 Å². The Morgan fingerprint density at radius 1 is 1.18 bits per heavy atom. The Labute approximate surface area is 125 Å². The molecule has 0 saturated heterocycles. The molecule has 1 heterocycles. The topological polar surface area (TPSA) is 25.9 Å². The van der Waals surface area contributed by atoms with Crippen molar-refractivity contribution in [1.82, 2.24) is 4.57 Å². The minimum atomic E-state index is -1.02. The lowest BCUT2D eigenvalue weighted by molar-refractivity contribution is -0.657. The first-order chi connectivity index (χ1) is 10.6. The van der Waals surface area contributed by atoms with Crippen molar-refractivity contribution in [3.63, 3.8) is 0 Å². The summed E-state index contributed by atoms with van der Waals surface area (Å²) in [4.78, 5) is 12.3. The van der Waals surface area contributed by atoms with Crippen molar-refractivity contribution in [3.05, 3.63) is 72.6 Å². The summed E-state index contributed by atoms with van der Waals surface area (Å²) in [7, 11) is 0. The number of aromatic nitrogens is 2. The molecule has 0 aliphatic heterocycles. The van der Waals surface area contributed by atoms with Crippen LogP contribution in [0.15, 0.2) is 55.4 Å². The van der Waals surface area contributed by atoms with Crippen molar-refractivity contribution in [2.45, 2.75) is 6.54 Å². The predicted molar refractivity (Wildman–Crippen MR) is 79.2 cm³/mol. The van der Waals surface area contributed by atoms with Crippen molar-refractivity contribution in [2.75, 3.05) is 0 Å². The second-order valence-corrected chi connectivity index (χ2v) is 4.87. The van der Waals surface area contributed by atoms with Gasteiger partial charge in [0.05, 0.1) is 6.20 Å². The van der Waals surface area contributed by atoms with Gasteiger partial charge in [-0.1, -0.05) is 18.7 Å². The Morgan fingerprint density at radius 3 is 2.68 bits per heavy atom. The normalized spacial score (nSPS) is 10.8. The van der Waals surface area contributed by atoms with Crippen LogP contribution in [-0.2, 0) is 6.54 Å². The van der Waals surface area contributed by atoms with Crippen molar-refractivity contribution in [1.29, 1.82) is 0 Å². The number of imidazole rings is 1. The number of hydrogen-bond acceptors (Lipinski definition) is 1. The minimum absolute atomic E-state index is 0.0342. The number of hydrogen-bond donors (Lipinski definition) is 0. The molecule has 0 saturated carbocycles. The summed E-state index contributed by atoms with van der Waals surface area (Å²) in [5, 5.41) is 0. The zero-order valence-corrected chi connectivity index (χ0v) is 11.7. The molecule has 0 fully saturated rings. The maximum Gasteiger partial charge on any atom is 0.249 e. The first-order valence-electron chi connectivity index (χ1n) is 6.70. The number of benzene rings is 2. The monoisotopic (exact) mass is 299 g/mol. The van der Waals surface area contributed by atoms with Crippen molar-refractivity contribution in [3.8, 4) is 0 Å². The predicted octanol–water partition coefficient (Wildman–Crippen LogP) is 3.19. The van der Waals surface area contributed by atoms with Crippen LogP contribution in [0.2, 0.25) is 0 Å². The molecule has 110 valence electrons. The lowest BCUT2D eigenvalue weighted by Gasteiger charge is -2.00. The molecule has 0 aliphatic carbocycles. The molecule has 0 atom stereocenters. The summed E-state index contributed by atoms with van der Waals surface area (Å²) < 4.78 is 29.7. The van der Waals surface area contributed by atoms with Gasteiger partial charge in [-0.3, -0.25) is 4.79 Å². The average Bonchev–Trinajstić information content (AvgIpc) is 2.88. The van der Waals surface area contributed by atoms with Crippen LogP contribution in [0.25, 0.3) is 17.2 Å². The summed E-state index contributed by atoms with van der Waals surface area (Å²) in [5.74, 6) is -2.28. The summed E-state index contributed by atoms with van der Waals surface area (Å²) in [5.41, 5.74) is 1.91. The molecule has 0 spiro atoms. The van der Waals surface area contributed by atoms with E-state index in [1.54, 1.807) is 21.7 Å². The number of ketones is 1. The molecule has 0 aliphatic rings. The zero-order chi connectivity index (χ0) is 15.7. The fourth-order valence-corrected chi connectivity index (χ4v) is 2.39. The molecule has 2 aromatic carbocycles. The maximum absolute atomic E-state index is 13.2. The first kappa shape index (κ1) is 14.1. The molecule has 3 nitrogen and oxygen atoms in total. The van der Waals surface area contributed by atoms with E-state index in [1.165, 1.54) is 6.07 Å². The summed E-state index contributed by atoms with van der Waals surface area (Å²) in [6.45, 7) is 3.76. The molecule has 0 N–H and O–H groups in total. The van der Waals surface area contributed by atoms with Gasteiger partial charge in [-0.05, 0) is 30.3 Å².